The number of halogens is 2. The molecule has 0 N–H and O–H groups in total. The van der Waals surface area contributed by atoms with Crippen molar-refractivity contribution in [2.75, 3.05) is 5.88 Å². The highest BCUT2D eigenvalue weighted by Gasteiger charge is 1.99. The maximum atomic E-state index is 5.67. The van der Waals surface area contributed by atoms with E-state index >= 15 is 0 Å². The van der Waals surface area contributed by atoms with E-state index in [1.165, 1.54) is 19.8 Å². The summed E-state index contributed by atoms with van der Waals surface area (Å²) in [6.45, 7) is 4.14. The van der Waals surface area contributed by atoms with Gasteiger partial charge in [-0.3, -0.25) is 0 Å². The van der Waals surface area contributed by atoms with E-state index in [0.717, 1.165) is 0 Å². The lowest BCUT2D eigenvalue weighted by Gasteiger charge is -1.89. The number of thiophene rings is 1. The Morgan fingerprint density at radius 3 is 2.83 bits per heavy atom. The first-order valence-corrected chi connectivity index (χ1v) is 5.77. The Balaban J connectivity index is 2.90. The highest BCUT2D eigenvalue weighted by molar-refractivity contribution is 9.10. The highest BCUT2D eigenvalue weighted by atomic mass is 79.9. The van der Waals surface area contributed by atoms with Gasteiger partial charge in [-0.1, -0.05) is 5.57 Å². The van der Waals surface area contributed by atoms with Gasteiger partial charge in [-0.2, -0.15) is 0 Å². The van der Waals surface area contributed by atoms with E-state index < -0.39 is 0 Å². The molecule has 0 saturated heterocycles. The Bertz CT molecular complexity index is 282. The van der Waals surface area contributed by atoms with Crippen molar-refractivity contribution in [1.29, 1.82) is 0 Å². The van der Waals surface area contributed by atoms with Crippen LogP contribution in [0.1, 0.15) is 16.7 Å². The molecule has 1 aromatic rings. The molecule has 0 aliphatic heterocycles. The van der Waals surface area contributed by atoms with Gasteiger partial charge in [0, 0.05) is 20.1 Å². The normalized spacial score (nSPS) is 12.2. The summed E-state index contributed by atoms with van der Waals surface area (Å²) in [5.74, 6) is 0.606. The molecular weight excluding hydrogens is 256 g/mol. The fourth-order valence-corrected chi connectivity index (χ4v) is 2.50. The Hall–Kier alpha value is 0.210. The summed E-state index contributed by atoms with van der Waals surface area (Å²) in [5, 5.41) is 0. The standard InChI is InChI=1S/C9H10BrClS/c1-6(5-11)3-8-4-9(10)7(2)12-8/h3-4H,5H2,1-2H3. The molecule has 0 fully saturated rings. The van der Waals surface area contributed by atoms with E-state index in [1.54, 1.807) is 11.3 Å². The van der Waals surface area contributed by atoms with Gasteiger partial charge in [0.25, 0.3) is 0 Å². The topological polar surface area (TPSA) is 0 Å². The van der Waals surface area contributed by atoms with Crippen molar-refractivity contribution in [2.24, 2.45) is 0 Å². The van der Waals surface area contributed by atoms with Crippen LogP contribution < -0.4 is 0 Å². The number of rotatable bonds is 2. The lowest BCUT2D eigenvalue weighted by molar-refractivity contribution is 1.44. The minimum atomic E-state index is 0.606. The monoisotopic (exact) mass is 264 g/mol. The molecule has 0 saturated carbocycles. The molecule has 3 heteroatoms. The van der Waals surface area contributed by atoms with Crippen LogP contribution in [0, 0.1) is 6.92 Å². The van der Waals surface area contributed by atoms with Crippen molar-refractivity contribution in [2.45, 2.75) is 13.8 Å². The maximum Gasteiger partial charge on any atom is 0.0434 e. The summed E-state index contributed by atoms with van der Waals surface area (Å²) >= 11 is 10.9. The molecule has 12 heavy (non-hydrogen) atoms. The van der Waals surface area contributed by atoms with Crippen LogP contribution in [0.3, 0.4) is 0 Å². The van der Waals surface area contributed by atoms with E-state index in [9.17, 15) is 0 Å². The Labute approximate surface area is 90.4 Å². The van der Waals surface area contributed by atoms with Crippen LogP contribution in [0.5, 0.6) is 0 Å². The zero-order valence-corrected chi connectivity index (χ0v) is 10.2. The first-order chi connectivity index (χ1) is 5.63. The first-order valence-electron chi connectivity index (χ1n) is 3.62. The quantitative estimate of drug-likeness (QED) is 0.693. The second-order valence-corrected chi connectivity index (χ2v) is 5.09. The molecular formula is C9H10BrClS. The molecule has 0 bridgehead atoms. The molecule has 0 spiro atoms. The van der Waals surface area contributed by atoms with Crippen molar-refractivity contribution in [1.82, 2.24) is 0 Å². The zero-order valence-electron chi connectivity index (χ0n) is 7.03. The highest BCUT2D eigenvalue weighted by Crippen LogP contribution is 2.27. The van der Waals surface area contributed by atoms with Gasteiger partial charge in [0.2, 0.25) is 0 Å². The SMILES string of the molecule is CC(=Cc1cc(Br)c(C)s1)CCl. The van der Waals surface area contributed by atoms with Gasteiger partial charge in [-0.15, -0.1) is 22.9 Å². The fourth-order valence-electron chi connectivity index (χ4n) is 0.834. The van der Waals surface area contributed by atoms with Gasteiger partial charge in [0.05, 0.1) is 0 Å². The van der Waals surface area contributed by atoms with Crippen LogP contribution in [0.4, 0.5) is 0 Å². The smallest absolute Gasteiger partial charge is 0.0434 e. The van der Waals surface area contributed by atoms with Gasteiger partial charge in [-0.05, 0) is 41.9 Å². The summed E-state index contributed by atoms with van der Waals surface area (Å²) in [4.78, 5) is 2.57. The van der Waals surface area contributed by atoms with Crippen LogP contribution in [0.25, 0.3) is 6.08 Å². The largest absolute Gasteiger partial charge is 0.140 e. The van der Waals surface area contributed by atoms with E-state index in [2.05, 4.69) is 35.0 Å². The van der Waals surface area contributed by atoms with Crippen LogP contribution in [0.2, 0.25) is 0 Å². The van der Waals surface area contributed by atoms with E-state index in [1.807, 2.05) is 6.92 Å². The first kappa shape index (κ1) is 10.3. The Kier molecular flexibility index (Phi) is 3.81. The van der Waals surface area contributed by atoms with Gasteiger partial charge in [0.15, 0.2) is 0 Å². The van der Waals surface area contributed by atoms with Crippen molar-refractivity contribution < 1.29 is 0 Å². The van der Waals surface area contributed by atoms with Crippen molar-refractivity contribution in [3.8, 4) is 0 Å². The number of alkyl halides is 1. The number of allylic oxidation sites excluding steroid dienone is 1. The second kappa shape index (κ2) is 4.45. The minimum absolute atomic E-state index is 0.606. The third kappa shape index (κ3) is 2.61. The molecule has 0 atom stereocenters. The van der Waals surface area contributed by atoms with Crippen molar-refractivity contribution in [3.05, 3.63) is 25.9 Å². The third-order valence-corrected chi connectivity index (χ3v) is 3.98. The molecule has 0 amide bonds. The molecule has 0 radical (unpaired) electrons. The summed E-state index contributed by atoms with van der Waals surface area (Å²) in [6.07, 6.45) is 2.12. The lowest BCUT2D eigenvalue weighted by atomic mass is 10.3. The van der Waals surface area contributed by atoms with E-state index in [0.29, 0.717) is 5.88 Å². The molecule has 0 aliphatic carbocycles. The predicted molar refractivity (Wildman–Crippen MR) is 61.1 cm³/mol. The van der Waals surface area contributed by atoms with Crippen LogP contribution in [0.15, 0.2) is 16.1 Å². The van der Waals surface area contributed by atoms with Gasteiger partial charge < -0.3 is 0 Å². The average molecular weight is 266 g/mol. The third-order valence-electron chi connectivity index (χ3n) is 1.48. The number of hydrogen-bond acceptors (Lipinski definition) is 1. The summed E-state index contributed by atoms with van der Waals surface area (Å²) < 4.78 is 1.18. The fraction of sp³-hybridized carbons (Fsp3) is 0.333. The number of aryl methyl sites for hydroxylation is 1. The maximum absolute atomic E-state index is 5.67. The summed E-state index contributed by atoms with van der Waals surface area (Å²) in [5.41, 5.74) is 1.20. The summed E-state index contributed by atoms with van der Waals surface area (Å²) in [7, 11) is 0. The molecule has 0 nitrogen and oxygen atoms in total. The number of hydrogen-bond donors (Lipinski definition) is 0. The second-order valence-electron chi connectivity index (χ2n) is 2.68. The van der Waals surface area contributed by atoms with Gasteiger partial charge in [-0.25, -0.2) is 0 Å². The van der Waals surface area contributed by atoms with Crippen LogP contribution in [-0.4, -0.2) is 5.88 Å². The zero-order chi connectivity index (χ0) is 9.14. The predicted octanol–water partition coefficient (Wildman–Crippen LogP) is 4.46. The van der Waals surface area contributed by atoms with Gasteiger partial charge in [0.1, 0.15) is 0 Å². The lowest BCUT2D eigenvalue weighted by Crippen LogP contribution is -1.73. The van der Waals surface area contributed by atoms with Crippen LogP contribution >= 0.6 is 38.9 Å². The minimum Gasteiger partial charge on any atom is -0.140 e. The molecule has 66 valence electrons. The van der Waals surface area contributed by atoms with E-state index in [-0.39, 0.29) is 0 Å². The van der Waals surface area contributed by atoms with E-state index in [4.69, 9.17) is 11.6 Å². The molecule has 1 aromatic heterocycles. The Morgan fingerprint density at radius 2 is 2.42 bits per heavy atom. The van der Waals surface area contributed by atoms with Crippen LogP contribution in [-0.2, 0) is 0 Å². The molecule has 0 aliphatic rings. The van der Waals surface area contributed by atoms with Crippen molar-refractivity contribution >= 4 is 44.9 Å². The molecule has 1 heterocycles. The molecule has 1 rings (SSSR count). The molecule has 0 unspecified atom stereocenters. The average Bonchev–Trinajstić information content (AvgIpc) is 2.31. The van der Waals surface area contributed by atoms with Gasteiger partial charge >= 0.3 is 0 Å². The van der Waals surface area contributed by atoms with Crippen molar-refractivity contribution in [3.63, 3.8) is 0 Å². The molecule has 0 aromatic carbocycles. The Morgan fingerprint density at radius 1 is 1.75 bits per heavy atom. The summed E-state index contributed by atoms with van der Waals surface area (Å²) in [6, 6.07) is 2.12.